The molecule has 0 aliphatic carbocycles. The normalized spacial score (nSPS) is 19.5. The highest BCUT2D eigenvalue weighted by Crippen LogP contribution is 2.19. The predicted octanol–water partition coefficient (Wildman–Crippen LogP) is 2.74. The van der Waals surface area contributed by atoms with E-state index in [1.54, 1.807) is 0 Å². The molecule has 1 rings (SSSR count). The van der Waals surface area contributed by atoms with Gasteiger partial charge in [-0.2, -0.15) is 0 Å². The lowest BCUT2D eigenvalue weighted by molar-refractivity contribution is -0.155. The van der Waals surface area contributed by atoms with Gasteiger partial charge in [0, 0.05) is 0 Å². The summed E-state index contributed by atoms with van der Waals surface area (Å²) >= 11 is 0. The maximum atomic E-state index is 11.8. The summed E-state index contributed by atoms with van der Waals surface area (Å²) in [6.45, 7) is 8.12. The Hall–Kier alpha value is -0.570. The molecule has 1 aliphatic rings. The van der Waals surface area contributed by atoms with Crippen LogP contribution in [0.15, 0.2) is 0 Å². The molecule has 2 atom stereocenters. The minimum Gasteiger partial charge on any atom is -0.462 e. The molecule has 0 bridgehead atoms. The number of esters is 1. The molecule has 1 N–H and O–H groups in total. The Kier molecular flexibility index (Phi) is 6.56. The van der Waals surface area contributed by atoms with Crippen molar-refractivity contribution in [1.29, 1.82) is 0 Å². The van der Waals surface area contributed by atoms with Gasteiger partial charge >= 0.3 is 5.97 Å². The molecule has 0 radical (unpaired) electrons. The molecule has 2 unspecified atom stereocenters. The molecule has 0 aromatic carbocycles. The fourth-order valence-electron chi connectivity index (χ4n) is 2.08. The van der Waals surface area contributed by atoms with Gasteiger partial charge in [-0.05, 0) is 38.8 Å². The molecule has 1 saturated heterocycles. The van der Waals surface area contributed by atoms with Gasteiger partial charge in [-0.3, -0.25) is 4.79 Å². The predicted molar refractivity (Wildman–Crippen MR) is 69.8 cm³/mol. The average molecular weight is 241 g/mol. The standard InChI is InChI=1S/C14H27NO2/c1-4-5-6-7-8-11(2)17-14(16)12(3)13-9-15-10-13/h11-13,15H,4-10H2,1-3H3. The van der Waals surface area contributed by atoms with Gasteiger partial charge in [0.15, 0.2) is 0 Å². The Morgan fingerprint density at radius 1 is 1.29 bits per heavy atom. The van der Waals surface area contributed by atoms with Crippen molar-refractivity contribution in [1.82, 2.24) is 5.32 Å². The van der Waals surface area contributed by atoms with Gasteiger partial charge in [0.2, 0.25) is 0 Å². The van der Waals surface area contributed by atoms with Crippen LogP contribution >= 0.6 is 0 Å². The number of hydrogen-bond donors (Lipinski definition) is 1. The van der Waals surface area contributed by atoms with E-state index >= 15 is 0 Å². The average Bonchev–Trinajstić information content (AvgIpc) is 2.22. The van der Waals surface area contributed by atoms with E-state index < -0.39 is 0 Å². The summed E-state index contributed by atoms with van der Waals surface area (Å²) in [4.78, 5) is 11.8. The molecule has 1 heterocycles. The number of hydrogen-bond acceptors (Lipinski definition) is 3. The highest BCUT2D eigenvalue weighted by molar-refractivity contribution is 5.72. The van der Waals surface area contributed by atoms with Crippen molar-refractivity contribution in [3.8, 4) is 0 Å². The SMILES string of the molecule is CCCCCCC(C)OC(=O)C(C)C1CNC1. The maximum Gasteiger partial charge on any atom is 0.309 e. The number of carbonyl (C=O) groups excluding carboxylic acids is 1. The van der Waals surface area contributed by atoms with E-state index in [2.05, 4.69) is 12.2 Å². The fraction of sp³-hybridized carbons (Fsp3) is 0.929. The van der Waals surface area contributed by atoms with E-state index in [1.807, 2.05) is 13.8 Å². The smallest absolute Gasteiger partial charge is 0.309 e. The van der Waals surface area contributed by atoms with Crippen molar-refractivity contribution in [2.24, 2.45) is 11.8 Å². The van der Waals surface area contributed by atoms with Gasteiger partial charge in [0.25, 0.3) is 0 Å². The summed E-state index contributed by atoms with van der Waals surface area (Å²) in [5, 5.41) is 3.19. The molecule has 3 nitrogen and oxygen atoms in total. The molecule has 3 heteroatoms. The van der Waals surface area contributed by atoms with Crippen LogP contribution in [0.3, 0.4) is 0 Å². The Balaban J connectivity index is 2.11. The largest absolute Gasteiger partial charge is 0.462 e. The first-order chi connectivity index (χ1) is 8.15. The van der Waals surface area contributed by atoms with Crippen molar-refractivity contribution in [3.05, 3.63) is 0 Å². The van der Waals surface area contributed by atoms with Crippen molar-refractivity contribution in [3.63, 3.8) is 0 Å². The lowest BCUT2D eigenvalue weighted by Crippen LogP contribution is -2.48. The molecule has 1 fully saturated rings. The van der Waals surface area contributed by atoms with Crippen molar-refractivity contribution in [2.45, 2.75) is 59.0 Å². The Labute approximate surface area is 105 Å². The molecule has 0 aromatic heterocycles. The Morgan fingerprint density at radius 2 is 2.00 bits per heavy atom. The van der Waals surface area contributed by atoms with Gasteiger partial charge in [-0.1, -0.05) is 33.1 Å². The molecule has 1 aliphatic heterocycles. The molecule has 0 spiro atoms. The lowest BCUT2D eigenvalue weighted by atomic mass is 9.89. The molecule has 0 amide bonds. The Bertz CT molecular complexity index is 226. The van der Waals surface area contributed by atoms with Crippen LogP contribution in [0.1, 0.15) is 52.9 Å². The highest BCUT2D eigenvalue weighted by Gasteiger charge is 2.30. The number of rotatable bonds is 8. The fourth-order valence-corrected chi connectivity index (χ4v) is 2.08. The van der Waals surface area contributed by atoms with Gasteiger partial charge in [0.05, 0.1) is 12.0 Å². The Morgan fingerprint density at radius 3 is 2.53 bits per heavy atom. The van der Waals surface area contributed by atoms with Crippen LogP contribution in [0.25, 0.3) is 0 Å². The molecule has 0 saturated carbocycles. The zero-order chi connectivity index (χ0) is 12.7. The maximum absolute atomic E-state index is 11.8. The monoisotopic (exact) mass is 241 g/mol. The molecular formula is C14H27NO2. The van der Waals surface area contributed by atoms with Crippen LogP contribution in [0.4, 0.5) is 0 Å². The minimum atomic E-state index is -0.0144. The van der Waals surface area contributed by atoms with Crippen LogP contribution in [-0.4, -0.2) is 25.2 Å². The summed E-state index contributed by atoms with van der Waals surface area (Å²) in [7, 11) is 0. The number of carbonyl (C=O) groups is 1. The van der Waals surface area contributed by atoms with Crippen LogP contribution in [-0.2, 0) is 9.53 Å². The third-order valence-electron chi connectivity index (χ3n) is 3.67. The zero-order valence-corrected chi connectivity index (χ0v) is 11.5. The second kappa shape index (κ2) is 7.70. The third-order valence-corrected chi connectivity index (χ3v) is 3.67. The lowest BCUT2D eigenvalue weighted by Gasteiger charge is -2.31. The quantitative estimate of drug-likeness (QED) is 0.524. The van der Waals surface area contributed by atoms with E-state index in [-0.39, 0.29) is 18.0 Å². The van der Waals surface area contributed by atoms with E-state index in [1.165, 1.54) is 25.7 Å². The molecule has 100 valence electrons. The topological polar surface area (TPSA) is 38.3 Å². The van der Waals surface area contributed by atoms with Crippen molar-refractivity contribution < 1.29 is 9.53 Å². The third kappa shape index (κ3) is 5.07. The van der Waals surface area contributed by atoms with Gasteiger partial charge in [0.1, 0.15) is 0 Å². The summed E-state index contributed by atoms with van der Waals surface area (Å²) < 4.78 is 5.48. The summed E-state index contributed by atoms with van der Waals surface area (Å²) in [6, 6.07) is 0. The van der Waals surface area contributed by atoms with Crippen molar-refractivity contribution in [2.75, 3.05) is 13.1 Å². The summed E-state index contributed by atoms with van der Waals surface area (Å²) in [5.74, 6) is 0.517. The summed E-state index contributed by atoms with van der Waals surface area (Å²) in [5.41, 5.74) is 0. The van der Waals surface area contributed by atoms with Crippen LogP contribution in [0.2, 0.25) is 0 Å². The van der Waals surface area contributed by atoms with Crippen molar-refractivity contribution >= 4 is 5.97 Å². The summed E-state index contributed by atoms with van der Waals surface area (Å²) in [6.07, 6.45) is 6.03. The number of ether oxygens (including phenoxy) is 1. The van der Waals surface area contributed by atoms with Crippen LogP contribution in [0.5, 0.6) is 0 Å². The van der Waals surface area contributed by atoms with E-state index in [4.69, 9.17) is 4.74 Å². The van der Waals surface area contributed by atoms with Crippen LogP contribution < -0.4 is 5.32 Å². The number of nitrogens with one attached hydrogen (secondary N) is 1. The zero-order valence-electron chi connectivity index (χ0n) is 11.5. The van der Waals surface area contributed by atoms with E-state index in [9.17, 15) is 4.79 Å². The van der Waals surface area contributed by atoms with Gasteiger partial charge in [-0.15, -0.1) is 0 Å². The second-order valence-corrected chi connectivity index (χ2v) is 5.30. The molecule has 17 heavy (non-hydrogen) atoms. The van der Waals surface area contributed by atoms with Gasteiger partial charge in [-0.25, -0.2) is 0 Å². The first kappa shape index (κ1) is 14.5. The molecule has 0 aromatic rings. The van der Waals surface area contributed by atoms with Crippen LogP contribution in [0, 0.1) is 11.8 Å². The second-order valence-electron chi connectivity index (χ2n) is 5.30. The van der Waals surface area contributed by atoms with E-state index in [0.717, 1.165) is 19.5 Å². The van der Waals surface area contributed by atoms with E-state index in [0.29, 0.717) is 5.92 Å². The molecular weight excluding hydrogens is 214 g/mol. The first-order valence-electron chi connectivity index (χ1n) is 7.06. The highest BCUT2D eigenvalue weighted by atomic mass is 16.5. The number of unbranched alkanes of at least 4 members (excludes halogenated alkanes) is 3. The minimum absolute atomic E-state index is 0.0144. The van der Waals surface area contributed by atoms with Gasteiger partial charge < -0.3 is 10.1 Å². The first-order valence-corrected chi connectivity index (χ1v) is 7.06.